The molecule has 1 unspecified atom stereocenters. The van der Waals surface area contributed by atoms with E-state index in [2.05, 4.69) is 9.80 Å². The molecule has 3 fully saturated rings. The van der Waals surface area contributed by atoms with Crippen molar-refractivity contribution in [1.29, 1.82) is 0 Å². The molecule has 20 heavy (non-hydrogen) atoms. The summed E-state index contributed by atoms with van der Waals surface area (Å²) in [6, 6.07) is 0. The minimum Gasteiger partial charge on any atom is -0.381 e. The van der Waals surface area contributed by atoms with Crippen LogP contribution in [0.4, 0.5) is 0 Å². The van der Waals surface area contributed by atoms with Crippen LogP contribution in [0, 0.1) is 5.92 Å². The first kappa shape index (κ1) is 14.3. The molecule has 3 rings (SSSR count). The summed E-state index contributed by atoms with van der Waals surface area (Å²) in [7, 11) is 0. The third-order valence-electron chi connectivity index (χ3n) is 4.82. The fourth-order valence-electron chi connectivity index (χ4n) is 3.48. The van der Waals surface area contributed by atoms with Gasteiger partial charge >= 0.3 is 0 Å². The molecule has 3 aliphatic heterocycles. The molecule has 0 aromatic carbocycles. The zero-order valence-electron chi connectivity index (χ0n) is 12.4. The molecule has 0 saturated carbocycles. The van der Waals surface area contributed by atoms with Gasteiger partial charge in [-0.15, -0.1) is 0 Å². The fourth-order valence-corrected chi connectivity index (χ4v) is 3.48. The second-order valence-corrected chi connectivity index (χ2v) is 6.39. The molecule has 5 heteroatoms. The predicted molar refractivity (Wildman–Crippen MR) is 77.6 cm³/mol. The summed E-state index contributed by atoms with van der Waals surface area (Å²) in [6.07, 6.45) is 3.58. The van der Waals surface area contributed by atoms with Gasteiger partial charge in [-0.2, -0.15) is 0 Å². The summed E-state index contributed by atoms with van der Waals surface area (Å²) in [5.74, 6) is 1.06. The van der Waals surface area contributed by atoms with Crippen LogP contribution in [0.3, 0.4) is 0 Å². The smallest absolute Gasteiger partial charge is 0.236 e. The van der Waals surface area contributed by atoms with Gasteiger partial charge < -0.3 is 14.5 Å². The highest BCUT2D eigenvalue weighted by atomic mass is 16.5. The monoisotopic (exact) mass is 281 g/mol. The lowest BCUT2D eigenvalue weighted by Crippen LogP contribution is -2.50. The predicted octanol–water partition coefficient (Wildman–Crippen LogP) is 0.263. The standard InChI is InChI=1S/C15H27N3O2/c19-15(18-4-1-2-5-18)12-17-8-6-16(7-9-17)11-14-3-10-20-13-14/h14H,1-13H2. The zero-order valence-corrected chi connectivity index (χ0v) is 12.4. The van der Waals surface area contributed by atoms with Crippen molar-refractivity contribution in [3.63, 3.8) is 0 Å². The zero-order chi connectivity index (χ0) is 13.8. The lowest BCUT2D eigenvalue weighted by molar-refractivity contribution is -0.131. The van der Waals surface area contributed by atoms with Crippen molar-refractivity contribution in [3.8, 4) is 0 Å². The van der Waals surface area contributed by atoms with Gasteiger partial charge in [0.2, 0.25) is 5.91 Å². The molecule has 3 saturated heterocycles. The van der Waals surface area contributed by atoms with Gasteiger partial charge in [0.15, 0.2) is 0 Å². The van der Waals surface area contributed by atoms with Gasteiger partial charge in [0, 0.05) is 52.4 Å². The van der Waals surface area contributed by atoms with Gasteiger partial charge in [-0.05, 0) is 25.2 Å². The largest absolute Gasteiger partial charge is 0.381 e. The molecule has 0 spiro atoms. The maximum Gasteiger partial charge on any atom is 0.236 e. The molecule has 3 aliphatic rings. The quantitative estimate of drug-likeness (QED) is 0.741. The van der Waals surface area contributed by atoms with Crippen molar-refractivity contribution in [2.24, 2.45) is 5.92 Å². The molecule has 114 valence electrons. The molecule has 0 bridgehead atoms. The van der Waals surface area contributed by atoms with Crippen molar-refractivity contribution in [2.45, 2.75) is 19.3 Å². The highest BCUT2D eigenvalue weighted by Gasteiger charge is 2.25. The van der Waals surface area contributed by atoms with E-state index in [1.807, 2.05) is 4.90 Å². The highest BCUT2D eigenvalue weighted by molar-refractivity contribution is 5.78. The number of piperazine rings is 1. The van der Waals surface area contributed by atoms with Crippen LogP contribution in [0.15, 0.2) is 0 Å². The van der Waals surface area contributed by atoms with Crippen LogP contribution in [-0.4, -0.2) is 86.2 Å². The van der Waals surface area contributed by atoms with Crippen LogP contribution < -0.4 is 0 Å². The number of carbonyl (C=O) groups excluding carboxylic acids is 1. The second-order valence-electron chi connectivity index (χ2n) is 6.39. The van der Waals surface area contributed by atoms with E-state index in [1.165, 1.54) is 25.8 Å². The molecule has 0 aromatic heterocycles. The molecule has 1 amide bonds. The van der Waals surface area contributed by atoms with Gasteiger partial charge in [0.1, 0.15) is 0 Å². The summed E-state index contributed by atoms with van der Waals surface area (Å²) in [6.45, 7) is 9.89. The van der Waals surface area contributed by atoms with E-state index in [0.717, 1.165) is 58.4 Å². The summed E-state index contributed by atoms with van der Waals surface area (Å²) in [5, 5.41) is 0. The number of likely N-dealkylation sites (tertiary alicyclic amines) is 1. The second kappa shape index (κ2) is 6.87. The number of hydrogen-bond acceptors (Lipinski definition) is 4. The number of rotatable bonds is 4. The van der Waals surface area contributed by atoms with E-state index in [9.17, 15) is 4.79 Å². The Morgan fingerprint density at radius 2 is 1.70 bits per heavy atom. The molecule has 0 aromatic rings. The average Bonchev–Trinajstić information content (AvgIpc) is 3.13. The minimum atomic E-state index is 0.333. The molecule has 0 N–H and O–H groups in total. The Balaban J connectivity index is 1.36. The first-order valence-corrected chi connectivity index (χ1v) is 8.11. The Morgan fingerprint density at radius 1 is 1.00 bits per heavy atom. The highest BCUT2D eigenvalue weighted by Crippen LogP contribution is 2.15. The van der Waals surface area contributed by atoms with Crippen molar-refractivity contribution < 1.29 is 9.53 Å². The Hall–Kier alpha value is -0.650. The molecule has 5 nitrogen and oxygen atoms in total. The fraction of sp³-hybridized carbons (Fsp3) is 0.933. The van der Waals surface area contributed by atoms with Crippen LogP contribution in [0.1, 0.15) is 19.3 Å². The number of ether oxygens (including phenoxy) is 1. The van der Waals surface area contributed by atoms with Crippen LogP contribution in [0.5, 0.6) is 0 Å². The maximum atomic E-state index is 12.1. The molecule has 0 aliphatic carbocycles. The van der Waals surface area contributed by atoms with Crippen molar-refractivity contribution in [3.05, 3.63) is 0 Å². The average molecular weight is 281 g/mol. The maximum absolute atomic E-state index is 12.1. The third kappa shape index (κ3) is 3.71. The van der Waals surface area contributed by atoms with Crippen LogP contribution in [-0.2, 0) is 9.53 Å². The summed E-state index contributed by atoms with van der Waals surface area (Å²) in [4.78, 5) is 19.0. The molecular weight excluding hydrogens is 254 g/mol. The van der Waals surface area contributed by atoms with Crippen LogP contribution in [0.25, 0.3) is 0 Å². The number of carbonyl (C=O) groups is 1. The van der Waals surface area contributed by atoms with E-state index in [1.54, 1.807) is 0 Å². The molecular formula is C15H27N3O2. The first-order chi connectivity index (χ1) is 9.81. The first-order valence-electron chi connectivity index (χ1n) is 8.11. The van der Waals surface area contributed by atoms with Crippen molar-refractivity contribution in [2.75, 3.05) is 65.6 Å². The third-order valence-corrected chi connectivity index (χ3v) is 4.82. The molecule has 3 heterocycles. The molecule has 0 radical (unpaired) electrons. The Morgan fingerprint density at radius 3 is 2.35 bits per heavy atom. The summed E-state index contributed by atoms with van der Waals surface area (Å²) < 4.78 is 5.44. The van der Waals surface area contributed by atoms with E-state index >= 15 is 0 Å². The number of amides is 1. The minimum absolute atomic E-state index is 0.333. The van der Waals surface area contributed by atoms with Crippen LogP contribution >= 0.6 is 0 Å². The Bertz CT molecular complexity index is 317. The van der Waals surface area contributed by atoms with E-state index in [4.69, 9.17) is 4.74 Å². The van der Waals surface area contributed by atoms with Gasteiger partial charge in [-0.3, -0.25) is 9.69 Å². The van der Waals surface area contributed by atoms with Gasteiger partial charge in [0.25, 0.3) is 0 Å². The van der Waals surface area contributed by atoms with E-state index < -0.39 is 0 Å². The van der Waals surface area contributed by atoms with E-state index in [0.29, 0.717) is 12.5 Å². The lowest BCUT2D eigenvalue weighted by Gasteiger charge is -2.35. The normalized spacial score (nSPS) is 29.2. The summed E-state index contributed by atoms with van der Waals surface area (Å²) >= 11 is 0. The topological polar surface area (TPSA) is 36.0 Å². The van der Waals surface area contributed by atoms with E-state index in [-0.39, 0.29) is 0 Å². The lowest BCUT2D eigenvalue weighted by atomic mass is 10.1. The Labute approximate surface area is 121 Å². The van der Waals surface area contributed by atoms with Crippen molar-refractivity contribution in [1.82, 2.24) is 14.7 Å². The van der Waals surface area contributed by atoms with Gasteiger partial charge in [-0.1, -0.05) is 0 Å². The van der Waals surface area contributed by atoms with Crippen LogP contribution in [0.2, 0.25) is 0 Å². The SMILES string of the molecule is O=C(CN1CCN(CC2CCOC2)CC1)N1CCCC1. The summed E-state index contributed by atoms with van der Waals surface area (Å²) in [5.41, 5.74) is 0. The Kier molecular flexibility index (Phi) is 4.91. The number of hydrogen-bond donors (Lipinski definition) is 0. The van der Waals surface area contributed by atoms with Gasteiger partial charge in [-0.25, -0.2) is 0 Å². The molecule has 1 atom stereocenters. The van der Waals surface area contributed by atoms with Crippen molar-refractivity contribution >= 4 is 5.91 Å². The van der Waals surface area contributed by atoms with Gasteiger partial charge in [0.05, 0.1) is 13.2 Å². The number of nitrogens with zero attached hydrogens (tertiary/aromatic N) is 3.